The lowest BCUT2D eigenvalue weighted by Gasteiger charge is -2.26. The summed E-state index contributed by atoms with van der Waals surface area (Å²) in [7, 11) is 3.14. The first-order valence-corrected chi connectivity index (χ1v) is 10.8. The van der Waals surface area contributed by atoms with Crippen LogP contribution in [0.1, 0.15) is 51.9 Å². The van der Waals surface area contributed by atoms with E-state index in [9.17, 15) is 20.0 Å². The Labute approximate surface area is 204 Å². The largest absolute Gasteiger partial charge is 0.501 e. The van der Waals surface area contributed by atoms with Gasteiger partial charge in [0.25, 0.3) is 11.5 Å². The summed E-state index contributed by atoms with van der Waals surface area (Å²) in [6.07, 6.45) is 4.17. The van der Waals surface area contributed by atoms with Crippen LogP contribution in [-0.2, 0) is 14.1 Å². The molecule has 178 valence electrons. The normalized spacial score (nSPS) is 12.7. The second-order valence-corrected chi connectivity index (χ2v) is 8.31. The molecule has 4 aromatic rings. The summed E-state index contributed by atoms with van der Waals surface area (Å²) in [5, 5.41) is 30.8. The summed E-state index contributed by atoms with van der Waals surface area (Å²) in [5.41, 5.74) is 0.424. The molecule has 0 aliphatic rings. The van der Waals surface area contributed by atoms with E-state index >= 15 is 0 Å². The number of nitrogens with one attached hydrogen (secondary N) is 1. The highest BCUT2D eigenvalue weighted by atomic mass is 35.5. The number of amides is 1. The zero-order valence-electron chi connectivity index (χ0n) is 18.9. The molecule has 35 heavy (non-hydrogen) atoms. The van der Waals surface area contributed by atoms with Gasteiger partial charge in [-0.1, -0.05) is 41.9 Å². The molecule has 0 saturated heterocycles. The topological polar surface area (TPSA) is 152 Å². The fraction of sp³-hybridized carbons (Fsp3) is 0.217. The molecule has 1 aromatic carbocycles. The van der Waals surface area contributed by atoms with Crippen LogP contribution in [0.15, 0.2) is 52.2 Å². The van der Waals surface area contributed by atoms with Crippen molar-refractivity contribution in [3.8, 4) is 11.8 Å². The first-order valence-electron chi connectivity index (χ1n) is 10.4. The fourth-order valence-electron chi connectivity index (χ4n) is 4.03. The summed E-state index contributed by atoms with van der Waals surface area (Å²) in [5.74, 6) is -2.55. The van der Waals surface area contributed by atoms with Crippen LogP contribution in [0.25, 0.3) is 0 Å². The first-order chi connectivity index (χ1) is 16.7. The lowest BCUT2D eigenvalue weighted by molar-refractivity contribution is 0.101. The van der Waals surface area contributed by atoms with Gasteiger partial charge >= 0.3 is 0 Å². The lowest BCUT2D eigenvalue weighted by Crippen LogP contribution is -2.29. The molecule has 3 heterocycles. The van der Waals surface area contributed by atoms with E-state index in [1.54, 1.807) is 32.3 Å². The molecule has 0 unspecified atom stereocenters. The second kappa shape index (κ2) is 9.44. The number of carbonyl (C=O) groups excluding carboxylic acids is 1. The maximum Gasteiger partial charge on any atom is 0.296 e. The number of aromatic hydroxyl groups is 1. The molecule has 0 spiro atoms. The number of rotatable bonds is 6. The highest BCUT2D eigenvalue weighted by Gasteiger charge is 2.33. The maximum absolute atomic E-state index is 12.9. The number of benzene rings is 1. The van der Waals surface area contributed by atoms with Crippen LogP contribution in [0, 0.1) is 11.3 Å². The van der Waals surface area contributed by atoms with E-state index in [0.717, 1.165) is 0 Å². The maximum atomic E-state index is 12.9. The standard InChI is InChI=1S/C23H20ClN7O4/c1-12(18(14-6-4-5-7-16(14)24)15-10-30(2)29-17(15)8-25)21-28-19(20(32)23(34)31(21)3)22(33)27-13-9-26-35-11-13/h4-7,9-12,18,32H,1-3H3,(H,27,33)/t12-,18+/m1/s1. The minimum atomic E-state index is -0.815. The smallest absolute Gasteiger partial charge is 0.296 e. The van der Waals surface area contributed by atoms with Gasteiger partial charge in [-0.2, -0.15) is 10.4 Å². The van der Waals surface area contributed by atoms with Crippen molar-refractivity contribution < 1.29 is 14.4 Å². The number of aromatic nitrogens is 5. The van der Waals surface area contributed by atoms with Gasteiger partial charge in [-0.15, -0.1) is 0 Å². The van der Waals surface area contributed by atoms with Crippen molar-refractivity contribution >= 4 is 23.2 Å². The number of aryl methyl sites for hydroxylation is 1. The molecule has 3 aromatic heterocycles. The quantitative estimate of drug-likeness (QED) is 0.416. The van der Waals surface area contributed by atoms with Gasteiger partial charge in [0.05, 0.1) is 6.20 Å². The van der Waals surface area contributed by atoms with Crippen LogP contribution in [0.5, 0.6) is 5.75 Å². The zero-order chi connectivity index (χ0) is 25.3. The van der Waals surface area contributed by atoms with E-state index in [-0.39, 0.29) is 17.2 Å². The van der Waals surface area contributed by atoms with Crippen LogP contribution in [0.2, 0.25) is 5.02 Å². The number of hydrogen-bond donors (Lipinski definition) is 2. The first kappa shape index (κ1) is 23.7. The fourth-order valence-corrected chi connectivity index (χ4v) is 4.29. The van der Waals surface area contributed by atoms with E-state index in [0.29, 0.717) is 16.1 Å². The van der Waals surface area contributed by atoms with Gasteiger partial charge in [0, 0.05) is 42.7 Å². The Morgan fingerprint density at radius 3 is 2.69 bits per heavy atom. The SMILES string of the molecule is C[C@@H](c1nc(C(=O)Nc2cnoc2)c(O)c(=O)n1C)[C@@H](c1ccccc1Cl)c1cn(C)nc1C#N. The highest BCUT2D eigenvalue weighted by molar-refractivity contribution is 6.31. The van der Waals surface area contributed by atoms with Crippen LogP contribution in [0.4, 0.5) is 5.69 Å². The minimum Gasteiger partial charge on any atom is -0.501 e. The molecule has 12 heteroatoms. The molecule has 11 nitrogen and oxygen atoms in total. The van der Waals surface area contributed by atoms with Crippen molar-refractivity contribution in [1.82, 2.24) is 24.5 Å². The second-order valence-electron chi connectivity index (χ2n) is 7.90. The van der Waals surface area contributed by atoms with E-state index in [2.05, 4.69) is 26.6 Å². The molecule has 1 amide bonds. The van der Waals surface area contributed by atoms with Crippen molar-refractivity contribution in [2.45, 2.75) is 18.8 Å². The predicted octanol–water partition coefficient (Wildman–Crippen LogP) is 2.92. The van der Waals surface area contributed by atoms with Gasteiger partial charge in [-0.25, -0.2) is 4.98 Å². The van der Waals surface area contributed by atoms with Crippen LogP contribution < -0.4 is 10.9 Å². The van der Waals surface area contributed by atoms with Crippen LogP contribution in [-0.4, -0.2) is 35.5 Å². The van der Waals surface area contributed by atoms with Crippen molar-refractivity contribution in [2.75, 3.05) is 5.32 Å². The predicted molar refractivity (Wildman–Crippen MR) is 125 cm³/mol. The third-order valence-electron chi connectivity index (χ3n) is 5.65. The molecule has 0 aliphatic carbocycles. The number of carbonyl (C=O) groups is 1. The summed E-state index contributed by atoms with van der Waals surface area (Å²) in [4.78, 5) is 30.1. The monoisotopic (exact) mass is 493 g/mol. The Kier molecular flexibility index (Phi) is 6.40. The van der Waals surface area contributed by atoms with Crippen LogP contribution in [0.3, 0.4) is 0 Å². The molecule has 0 fully saturated rings. The molecule has 0 aliphatic heterocycles. The molecule has 0 saturated carbocycles. The van der Waals surface area contributed by atoms with Gasteiger partial charge in [0.1, 0.15) is 23.8 Å². The van der Waals surface area contributed by atoms with Gasteiger partial charge < -0.3 is 14.9 Å². The Bertz CT molecular complexity index is 1500. The minimum absolute atomic E-state index is 0.193. The molecular weight excluding hydrogens is 474 g/mol. The average molecular weight is 494 g/mol. The highest BCUT2D eigenvalue weighted by Crippen LogP contribution is 2.41. The van der Waals surface area contributed by atoms with Gasteiger partial charge in [-0.05, 0) is 11.6 Å². The zero-order valence-corrected chi connectivity index (χ0v) is 19.7. The van der Waals surface area contributed by atoms with E-state index in [1.807, 2.05) is 12.1 Å². The van der Waals surface area contributed by atoms with Gasteiger partial charge in [0.2, 0.25) is 5.75 Å². The van der Waals surface area contributed by atoms with E-state index in [4.69, 9.17) is 16.1 Å². The van der Waals surface area contributed by atoms with Crippen molar-refractivity contribution in [3.05, 3.63) is 86.6 Å². The summed E-state index contributed by atoms with van der Waals surface area (Å²) in [6.45, 7) is 1.79. The Morgan fingerprint density at radius 1 is 1.29 bits per heavy atom. The Balaban J connectivity index is 1.88. The third kappa shape index (κ3) is 4.39. The molecule has 0 radical (unpaired) electrons. The van der Waals surface area contributed by atoms with Crippen molar-refractivity contribution in [3.63, 3.8) is 0 Å². The van der Waals surface area contributed by atoms with Crippen molar-refractivity contribution in [1.29, 1.82) is 5.26 Å². The number of nitrogens with zero attached hydrogens (tertiary/aromatic N) is 6. The van der Waals surface area contributed by atoms with Gasteiger partial charge in [-0.3, -0.25) is 18.8 Å². The molecule has 2 N–H and O–H groups in total. The Hall–Kier alpha value is -4.43. The lowest BCUT2D eigenvalue weighted by atomic mass is 9.81. The number of anilines is 1. The van der Waals surface area contributed by atoms with Crippen LogP contribution >= 0.6 is 11.6 Å². The number of halogens is 1. The Morgan fingerprint density at radius 2 is 2.03 bits per heavy atom. The van der Waals surface area contributed by atoms with E-state index in [1.165, 1.54) is 28.8 Å². The summed E-state index contributed by atoms with van der Waals surface area (Å²) in [6, 6.07) is 9.23. The summed E-state index contributed by atoms with van der Waals surface area (Å²) >= 11 is 6.54. The molecular formula is C23H20ClN7O4. The molecule has 0 bridgehead atoms. The number of hydrogen-bond acceptors (Lipinski definition) is 8. The van der Waals surface area contributed by atoms with Gasteiger partial charge in [0.15, 0.2) is 11.4 Å². The molecule has 2 atom stereocenters. The summed E-state index contributed by atoms with van der Waals surface area (Å²) < 4.78 is 7.38. The molecule has 4 rings (SSSR count). The van der Waals surface area contributed by atoms with Crippen molar-refractivity contribution in [2.24, 2.45) is 14.1 Å². The van der Waals surface area contributed by atoms with E-state index < -0.39 is 34.7 Å². The third-order valence-corrected chi connectivity index (χ3v) is 6.00. The number of nitriles is 1. The average Bonchev–Trinajstić information content (AvgIpc) is 3.48.